The Hall–Kier alpha value is -2.82. The summed E-state index contributed by atoms with van der Waals surface area (Å²) in [5.41, 5.74) is 7.72. The summed E-state index contributed by atoms with van der Waals surface area (Å²) in [6, 6.07) is 13.7. The fraction of sp³-hybridized carbons (Fsp3) is 0.125. The van der Waals surface area contributed by atoms with Crippen molar-refractivity contribution >= 4 is 28.6 Å². The summed E-state index contributed by atoms with van der Waals surface area (Å²) in [6.45, 7) is 1.39. The van der Waals surface area contributed by atoms with Crippen LogP contribution in [0.1, 0.15) is 23.7 Å². The molecule has 0 aliphatic heterocycles. The Balaban J connectivity index is 2.26. The van der Waals surface area contributed by atoms with E-state index in [0.717, 1.165) is 0 Å². The van der Waals surface area contributed by atoms with Crippen molar-refractivity contribution in [2.24, 2.45) is 10.2 Å². The molecule has 0 fully saturated rings. The predicted octanol–water partition coefficient (Wildman–Crippen LogP) is 3.85. The van der Waals surface area contributed by atoms with E-state index in [1.807, 2.05) is 0 Å². The summed E-state index contributed by atoms with van der Waals surface area (Å²) >= 11 is 0. The number of carbonyl (C=O) groups is 2. The van der Waals surface area contributed by atoms with Crippen LogP contribution in [0.5, 0.6) is 0 Å². The third-order valence-corrected chi connectivity index (χ3v) is 2.78. The van der Waals surface area contributed by atoms with Gasteiger partial charge in [-0.1, -0.05) is 12.1 Å². The number of azo groups is 1. The van der Waals surface area contributed by atoms with Gasteiger partial charge in [0.1, 0.15) is 5.78 Å². The van der Waals surface area contributed by atoms with Gasteiger partial charge in [-0.2, -0.15) is 5.11 Å². The first-order valence-electron chi connectivity index (χ1n) is 6.45. The summed E-state index contributed by atoms with van der Waals surface area (Å²) in [6.07, 6.45) is -0.131. The first-order valence-corrected chi connectivity index (χ1v) is 6.45. The normalized spacial score (nSPS) is 10.7. The van der Waals surface area contributed by atoms with Crippen LogP contribution in [0.2, 0.25) is 0 Å². The molecule has 2 aromatic rings. The van der Waals surface area contributed by atoms with Gasteiger partial charge in [0.05, 0.1) is 17.8 Å². The smallest absolute Gasteiger partial charge is 0.172 e. The maximum Gasteiger partial charge on any atom is 0.172 e. The van der Waals surface area contributed by atoms with E-state index in [2.05, 4.69) is 10.2 Å². The van der Waals surface area contributed by atoms with Crippen molar-refractivity contribution in [3.8, 4) is 0 Å². The van der Waals surface area contributed by atoms with Gasteiger partial charge in [0, 0.05) is 11.3 Å². The SMILES string of the molecule is CC(=O)CC(=O)c1ccccc1N=Nc1ccc(N)cc1. The van der Waals surface area contributed by atoms with E-state index in [1.165, 1.54) is 6.92 Å². The maximum absolute atomic E-state index is 12.0. The number of Topliss-reactive ketones (excluding diaryl/α,β-unsaturated/α-hetero) is 2. The number of carbonyl (C=O) groups excluding carboxylic acids is 2. The van der Waals surface area contributed by atoms with Crippen LogP contribution in [0.25, 0.3) is 0 Å². The van der Waals surface area contributed by atoms with Gasteiger partial charge in [-0.3, -0.25) is 9.59 Å². The summed E-state index contributed by atoms with van der Waals surface area (Å²) < 4.78 is 0. The highest BCUT2D eigenvalue weighted by Crippen LogP contribution is 2.23. The minimum Gasteiger partial charge on any atom is -0.399 e. The summed E-state index contributed by atoms with van der Waals surface area (Å²) in [5, 5.41) is 8.16. The molecule has 0 aromatic heterocycles. The van der Waals surface area contributed by atoms with E-state index in [9.17, 15) is 9.59 Å². The molecule has 0 amide bonds. The Kier molecular flexibility index (Phi) is 4.56. The lowest BCUT2D eigenvalue weighted by Gasteiger charge is -2.02. The van der Waals surface area contributed by atoms with Crippen LogP contribution < -0.4 is 5.73 Å². The van der Waals surface area contributed by atoms with Gasteiger partial charge in [-0.25, -0.2) is 0 Å². The molecule has 0 radical (unpaired) electrons. The fourth-order valence-corrected chi connectivity index (χ4v) is 1.77. The molecule has 0 bridgehead atoms. The van der Waals surface area contributed by atoms with E-state index in [4.69, 9.17) is 5.73 Å². The van der Waals surface area contributed by atoms with E-state index < -0.39 is 0 Å². The van der Waals surface area contributed by atoms with Crippen LogP contribution >= 0.6 is 0 Å². The summed E-state index contributed by atoms with van der Waals surface area (Å²) in [5.74, 6) is -0.431. The molecule has 2 aromatic carbocycles. The highest BCUT2D eigenvalue weighted by molar-refractivity contribution is 6.09. The third-order valence-electron chi connectivity index (χ3n) is 2.78. The molecule has 2 N–H and O–H groups in total. The average Bonchev–Trinajstić information content (AvgIpc) is 2.46. The maximum atomic E-state index is 12.0. The molecular weight excluding hydrogens is 266 g/mol. The number of rotatable bonds is 5. The van der Waals surface area contributed by atoms with Crippen LogP contribution in [0.15, 0.2) is 58.8 Å². The van der Waals surface area contributed by atoms with Gasteiger partial charge >= 0.3 is 0 Å². The Morgan fingerprint density at radius 2 is 1.67 bits per heavy atom. The molecular formula is C16H15N3O2. The van der Waals surface area contributed by atoms with Crippen LogP contribution in [0.3, 0.4) is 0 Å². The Morgan fingerprint density at radius 3 is 2.33 bits per heavy atom. The number of hydrogen-bond acceptors (Lipinski definition) is 5. The molecule has 5 heteroatoms. The van der Waals surface area contributed by atoms with Crippen molar-refractivity contribution in [2.75, 3.05) is 5.73 Å². The van der Waals surface area contributed by atoms with Crippen molar-refractivity contribution in [3.05, 3.63) is 54.1 Å². The van der Waals surface area contributed by atoms with E-state index >= 15 is 0 Å². The molecule has 5 nitrogen and oxygen atoms in total. The molecule has 0 saturated heterocycles. The molecule has 0 aliphatic carbocycles. The van der Waals surface area contributed by atoms with Crippen LogP contribution in [0, 0.1) is 0 Å². The zero-order chi connectivity index (χ0) is 15.2. The van der Waals surface area contributed by atoms with Gasteiger partial charge in [-0.05, 0) is 43.3 Å². The lowest BCUT2D eigenvalue weighted by molar-refractivity contribution is -0.116. The second-order valence-electron chi connectivity index (χ2n) is 4.61. The topological polar surface area (TPSA) is 84.9 Å². The number of ketones is 2. The van der Waals surface area contributed by atoms with Gasteiger partial charge < -0.3 is 5.73 Å². The van der Waals surface area contributed by atoms with Crippen LogP contribution in [0.4, 0.5) is 17.1 Å². The molecule has 0 atom stereocenters. The molecule has 0 unspecified atom stereocenters. The molecule has 21 heavy (non-hydrogen) atoms. The third kappa shape index (κ3) is 4.07. The Morgan fingerprint density at radius 1 is 1.00 bits per heavy atom. The van der Waals surface area contributed by atoms with E-state index in [-0.39, 0.29) is 18.0 Å². The van der Waals surface area contributed by atoms with Crippen molar-refractivity contribution in [3.63, 3.8) is 0 Å². The van der Waals surface area contributed by atoms with Crippen LogP contribution in [-0.4, -0.2) is 11.6 Å². The highest BCUT2D eigenvalue weighted by Gasteiger charge is 2.12. The Bertz CT molecular complexity index is 691. The first kappa shape index (κ1) is 14.6. The van der Waals surface area contributed by atoms with Crippen molar-refractivity contribution in [1.82, 2.24) is 0 Å². The van der Waals surface area contributed by atoms with Crippen molar-refractivity contribution in [2.45, 2.75) is 13.3 Å². The average molecular weight is 281 g/mol. The second-order valence-corrected chi connectivity index (χ2v) is 4.61. The number of nitrogens with zero attached hydrogens (tertiary/aromatic N) is 2. The van der Waals surface area contributed by atoms with Crippen molar-refractivity contribution < 1.29 is 9.59 Å². The molecule has 2 rings (SSSR count). The lowest BCUT2D eigenvalue weighted by atomic mass is 10.0. The molecule has 0 heterocycles. The largest absolute Gasteiger partial charge is 0.399 e. The first-order chi connectivity index (χ1) is 10.1. The Labute approximate surface area is 122 Å². The lowest BCUT2D eigenvalue weighted by Crippen LogP contribution is -2.04. The number of nitrogen functional groups attached to an aromatic ring is 1. The van der Waals surface area contributed by atoms with Gasteiger partial charge in [0.2, 0.25) is 0 Å². The predicted molar refractivity (Wildman–Crippen MR) is 81.1 cm³/mol. The molecule has 0 saturated carbocycles. The zero-order valence-electron chi connectivity index (χ0n) is 11.6. The highest BCUT2D eigenvalue weighted by atomic mass is 16.1. The quantitative estimate of drug-likeness (QED) is 0.391. The summed E-state index contributed by atoms with van der Waals surface area (Å²) in [4.78, 5) is 23.1. The van der Waals surface area contributed by atoms with Gasteiger partial charge in [0.25, 0.3) is 0 Å². The monoisotopic (exact) mass is 281 g/mol. The number of anilines is 1. The summed E-state index contributed by atoms with van der Waals surface area (Å²) in [7, 11) is 0. The molecule has 0 aliphatic rings. The number of hydrogen-bond donors (Lipinski definition) is 1. The van der Waals surface area contributed by atoms with Crippen LogP contribution in [-0.2, 0) is 4.79 Å². The van der Waals surface area contributed by atoms with Gasteiger partial charge in [0.15, 0.2) is 5.78 Å². The van der Waals surface area contributed by atoms with E-state index in [0.29, 0.717) is 22.6 Å². The van der Waals surface area contributed by atoms with Crippen molar-refractivity contribution in [1.29, 1.82) is 0 Å². The fourth-order valence-electron chi connectivity index (χ4n) is 1.77. The minimum atomic E-state index is -0.255. The molecule has 0 spiro atoms. The zero-order valence-corrected chi connectivity index (χ0v) is 11.6. The van der Waals surface area contributed by atoms with E-state index in [1.54, 1.807) is 48.5 Å². The second kappa shape index (κ2) is 6.56. The van der Waals surface area contributed by atoms with Gasteiger partial charge in [-0.15, -0.1) is 5.11 Å². The minimum absolute atomic E-state index is 0.131. The molecule has 106 valence electrons. The number of nitrogens with two attached hydrogens (primary N) is 1. The number of benzene rings is 2. The standard InChI is InChI=1S/C16H15N3O2/c1-11(20)10-16(21)14-4-2-3-5-15(14)19-18-13-8-6-12(17)7-9-13/h2-9H,10,17H2,1H3.